The van der Waals surface area contributed by atoms with E-state index in [9.17, 15) is 13.2 Å². The minimum atomic E-state index is -4.47. The number of hydrogen-bond donors (Lipinski definition) is 0. The zero-order valence-corrected chi connectivity index (χ0v) is 13.5. The fourth-order valence-corrected chi connectivity index (χ4v) is 2.60. The molecular weight excluding hydrogens is 321 g/mol. The maximum absolute atomic E-state index is 12.8. The van der Waals surface area contributed by atoms with Crippen LogP contribution in [0.1, 0.15) is 17.0 Å². The van der Waals surface area contributed by atoms with Gasteiger partial charge in [0.25, 0.3) is 0 Å². The van der Waals surface area contributed by atoms with Crippen LogP contribution in [-0.2, 0) is 6.18 Å². The molecule has 9 heteroatoms. The summed E-state index contributed by atoms with van der Waals surface area (Å²) >= 11 is 0. The molecule has 3 rings (SSSR count). The second kappa shape index (κ2) is 5.88. The first-order valence-corrected chi connectivity index (χ1v) is 7.42. The van der Waals surface area contributed by atoms with Gasteiger partial charge in [-0.1, -0.05) is 0 Å². The predicted octanol–water partition coefficient (Wildman–Crippen LogP) is 2.23. The van der Waals surface area contributed by atoms with Crippen molar-refractivity contribution in [3.63, 3.8) is 0 Å². The van der Waals surface area contributed by atoms with Crippen LogP contribution in [0, 0.1) is 13.8 Å². The second-order valence-corrected chi connectivity index (χ2v) is 5.84. The largest absolute Gasteiger partial charge is 0.433 e. The summed E-state index contributed by atoms with van der Waals surface area (Å²) in [5.74, 6) is 1.13. The van der Waals surface area contributed by atoms with Crippen molar-refractivity contribution in [2.45, 2.75) is 26.1 Å². The van der Waals surface area contributed by atoms with Crippen LogP contribution in [0.25, 0.3) is 0 Å². The molecule has 0 atom stereocenters. The van der Waals surface area contributed by atoms with Gasteiger partial charge in [0.15, 0.2) is 0 Å². The molecule has 1 aliphatic heterocycles. The van der Waals surface area contributed by atoms with Crippen molar-refractivity contribution >= 4 is 11.6 Å². The Balaban J connectivity index is 1.71. The molecule has 2 aromatic rings. The molecule has 24 heavy (non-hydrogen) atoms. The molecule has 6 nitrogen and oxygen atoms in total. The van der Waals surface area contributed by atoms with E-state index < -0.39 is 11.9 Å². The zero-order valence-electron chi connectivity index (χ0n) is 13.5. The highest BCUT2D eigenvalue weighted by Gasteiger charge is 2.36. The highest BCUT2D eigenvalue weighted by atomic mass is 19.4. The molecule has 3 heterocycles. The molecule has 1 aliphatic rings. The van der Waals surface area contributed by atoms with Gasteiger partial charge >= 0.3 is 6.18 Å². The van der Waals surface area contributed by atoms with Gasteiger partial charge in [0.1, 0.15) is 30.0 Å². The molecule has 1 saturated heterocycles. The molecule has 0 radical (unpaired) electrons. The van der Waals surface area contributed by atoms with Crippen LogP contribution in [-0.4, -0.2) is 46.1 Å². The van der Waals surface area contributed by atoms with Gasteiger partial charge in [-0.05, 0) is 13.8 Å². The third-order valence-electron chi connectivity index (χ3n) is 4.32. The number of halogens is 3. The third kappa shape index (κ3) is 2.98. The van der Waals surface area contributed by atoms with Crippen molar-refractivity contribution in [2.24, 2.45) is 0 Å². The SMILES string of the molecule is Cc1ncnc(N2CC(N(C)c3cc(C(F)(F)F)ncn3)C2)c1C. The molecule has 0 aromatic carbocycles. The first kappa shape index (κ1) is 16.4. The van der Waals surface area contributed by atoms with Crippen LogP contribution in [0.2, 0.25) is 0 Å². The Morgan fingerprint density at radius 3 is 2.42 bits per heavy atom. The van der Waals surface area contributed by atoms with E-state index in [1.54, 1.807) is 11.9 Å². The smallest absolute Gasteiger partial charge is 0.353 e. The van der Waals surface area contributed by atoms with Gasteiger partial charge in [-0.3, -0.25) is 0 Å². The number of nitrogens with zero attached hydrogens (tertiary/aromatic N) is 6. The van der Waals surface area contributed by atoms with Crippen LogP contribution in [0.4, 0.5) is 24.8 Å². The molecule has 0 bridgehead atoms. The predicted molar refractivity (Wildman–Crippen MR) is 82.9 cm³/mol. The van der Waals surface area contributed by atoms with Crippen molar-refractivity contribution in [3.05, 3.63) is 35.7 Å². The summed E-state index contributed by atoms with van der Waals surface area (Å²) in [4.78, 5) is 19.5. The molecule has 0 unspecified atom stereocenters. The topological polar surface area (TPSA) is 58.0 Å². The van der Waals surface area contributed by atoms with Crippen molar-refractivity contribution in [1.82, 2.24) is 19.9 Å². The van der Waals surface area contributed by atoms with E-state index in [2.05, 4.69) is 24.8 Å². The van der Waals surface area contributed by atoms with Gasteiger partial charge in [0, 0.05) is 37.5 Å². The van der Waals surface area contributed by atoms with Crippen LogP contribution < -0.4 is 9.80 Å². The maximum atomic E-state index is 12.8. The van der Waals surface area contributed by atoms with E-state index >= 15 is 0 Å². The van der Waals surface area contributed by atoms with Crippen molar-refractivity contribution in [1.29, 1.82) is 0 Å². The lowest BCUT2D eigenvalue weighted by Crippen LogP contribution is -2.59. The van der Waals surface area contributed by atoms with Crippen molar-refractivity contribution < 1.29 is 13.2 Å². The summed E-state index contributed by atoms with van der Waals surface area (Å²) in [6, 6.07) is 1.04. The molecule has 0 saturated carbocycles. The van der Waals surface area contributed by atoms with Crippen molar-refractivity contribution in [3.8, 4) is 0 Å². The number of anilines is 2. The third-order valence-corrected chi connectivity index (χ3v) is 4.32. The van der Waals surface area contributed by atoms with E-state index in [4.69, 9.17) is 0 Å². The Kier molecular flexibility index (Phi) is 4.02. The lowest BCUT2D eigenvalue weighted by Gasteiger charge is -2.45. The Morgan fingerprint density at radius 1 is 1.08 bits per heavy atom. The van der Waals surface area contributed by atoms with E-state index in [-0.39, 0.29) is 11.9 Å². The molecule has 2 aromatic heterocycles. The fraction of sp³-hybridized carbons (Fsp3) is 0.467. The monoisotopic (exact) mass is 338 g/mol. The van der Waals surface area contributed by atoms with Gasteiger partial charge in [0.05, 0.1) is 6.04 Å². The quantitative estimate of drug-likeness (QED) is 0.855. The van der Waals surface area contributed by atoms with Crippen molar-refractivity contribution in [2.75, 3.05) is 29.9 Å². The molecule has 128 valence electrons. The molecule has 0 spiro atoms. The normalized spacial score (nSPS) is 15.3. The highest BCUT2D eigenvalue weighted by Crippen LogP contribution is 2.31. The van der Waals surface area contributed by atoms with Crippen LogP contribution in [0.15, 0.2) is 18.7 Å². The molecule has 0 aliphatic carbocycles. The van der Waals surface area contributed by atoms with Gasteiger partial charge in [0.2, 0.25) is 0 Å². The summed E-state index contributed by atoms with van der Waals surface area (Å²) in [7, 11) is 1.74. The lowest BCUT2D eigenvalue weighted by molar-refractivity contribution is -0.141. The Labute approximate surface area is 137 Å². The number of aromatic nitrogens is 4. The highest BCUT2D eigenvalue weighted by molar-refractivity contribution is 5.53. The second-order valence-electron chi connectivity index (χ2n) is 5.84. The van der Waals surface area contributed by atoms with E-state index in [1.165, 1.54) is 6.33 Å². The van der Waals surface area contributed by atoms with Crippen LogP contribution in [0.3, 0.4) is 0 Å². The van der Waals surface area contributed by atoms with Gasteiger partial charge in [-0.25, -0.2) is 19.9 Å². The maximum Gasteiger partial charge on any atom is 0.433 e. The summed E-state index contributed by atoms with van der Waals surface area (Å²) in [5.41, 5.74) is 1.00. The average molecular weight is 338 g/mol. The number of rotatable bonds is 3. The summed E-state index contributed by atoms with van der Waals surface area (Å²) in [6.45, 7) is 5.21. The Morgan fingerprint density at radius 2 is 1.75 bits per heavy atom. The van der Waals surface area contributed by atoms with Crippen LogP contribution >= 0.6 is 0 Å². The molecular formula is C15H17F3N6. The average Bonchev–Trinajstić information content (AvgIpc) is 2.49. The summed E-state index contributed by atoms with van der Waals surface area (Å²) in [5, 5.41) is 0. The molecule has 1 fully saturated rings. The standard InChI is InChI=1S/C15H17F3N6/c1-9-10(2)19-7-22-14(9)24-5-11(6-24)23(3)13-4-12(15(16,17)18)20-8-21-13/h4,7-8,11H,5-6H2,1-3H3. The number of likely N-dealkylation sites (N-methyl/N-ethyl adjacent to an activating group) is 1. The first-order valence-electron chi connectivity index (χ1n) is 7.42. The lowest BCUT2D eigenvalue weighted by atomic mass is 10.1. The van der Waals surface area contributed by atoms with Gasteiger partial charge in [-0.2, -0.15) is 13.2 Å². The first-order chi connectivity index (χ1) is 11.3. The van der Waals surface area contributed by atoms with Crippen LogP contribution in [0.5, 0.6) is 0 Å². The fourth-order valence-electron chi connectivity index (χ4n) is 2.60. The number of hydrogen-bond acceptors (Lipinski definition) is 6. The van der Waals surface area contributed by atoms with Gasteiger partial charge in [-0.15, -0.1) is 0 Å². The Bertz CT molecular complexity index is 742. The minimum absolute atomic E-state index is 0.0654. The summed E-state index contributed by atoms with van der Waals surface area (Å²) in [6.07, 6.45) is -2.00. The summed E-state index contributed by atoms with van der Waals surface area (Å²) < 4.78 is 38.3. The Hall–Kier alpha value is -2.45. The number of alkyl halides is 3. The minimum Gasteiger partial charge on any atom is -0.353 e. The molecule has 0 N–H and O–H groups in total. The van der Waals surface area contributed by atoms with E-state index in [0.29, 0.717) is 13.1 Å². The zero-order chi connectivity index (χ0) is 17.5. The van der Waals surface area contributed by atoms with E-state index in [0.717, 1.165) is 29.5 Å². The van der Waals surface area contributed by atoms with E-state index in [1.807, 2.05) is 13.8 Å². The molecule has 0 amide bonds. The van der Waals surface area contributed by atoms with Gasteiger partial charge < -0.3 is 9.80 Å². The number of aryl methyl sites for hydroxylation is 1.